The number of rotatable bonds is 7. The number of hydrogen-bond acceptors (Lipinski definition) is 10. The fourth-order valence-electron chi connectivity index (χ4n) is 2.82. The zero-order valence-electron chi connectivity index (χ0n) is 15.2. The van der Waals surface area contributed by atoms with Crippen molar-refractivity contribution in [2.45, 2.75) is 30.5 Å². The molecule has 1 aromatic heterocycles. The molecule has 0 spiro atoms. The maximum Gasteiger partial charge on any atom is 0.275 e. The zero-order valence-corrected chi connectivity index (χ0v) is 16.0. The van der Waals surface area contributed by atoms with Crippen LogP contribution in [-0.2, 0) is 4.74 Å². The van der Waals surface area contributed by atoms with E-state index < -0.39 is 43.0 Å². The van der Waals surface area contributed by atoms with E-state index in [-0.39, 0.29) is 23.9 Å². The smallest absolute Gasteiger partial charge is 0.275 e. The molecule has 29 heavy (non-hydrogen) atoms. The molecular weight excluding hydrogens is 404 g/mol. The van der Waals surface area contributed by atoms with Crippen molar-refractivity contribution < 1.29 is 39.8 Å². The standard InChI is InChI=1S/C18H22N2O8S/c21-5-6-27-10-3-1-9(2-4-10)19-17(26)11-8-29-18(20-11)16-15(25)14(24)13(23)12(7-22)28-16/h1-4,8,12-16,21-25H,5-7H2,(H,19,26)/t12-,13+,14+,15-,16-/m1/s1. The molecule has 1 amide bonds. The van der Waals surface area contributed by atoms with Gasteiger partial charge in [-0.05, 0) is 24.3 Å². The van der Waals surface area contributed by atoms with Crippen molar-refractivity contribution in [3.8, 4) is 5.75 Å². The lowest BCUT2D eigenvalue weighted by molar-refractivity contribution is -0.231. The number of ether oxygens (including phenoxy) is 2. The molecule has 1 fully saturated rings. The van der Waals surface area contributed by atoms with Crippen molar-refractivity contribution >= 4 is 22.9 Å². The largest absolute Gasteiger partial charge is 0.491 e. The maximum atomic E-state index is 12.4. The van der Waals surface area contributed by atoms with E-state index >= 15 is 0 Å². The Morgan fingerprint density at radius 3 is 2.52 bits per heavy atom. The highest BCUT2D eigenvalue weighted by Gasteiger charge is 2.45. The van der Waals surface area contributed by atoms with Crippen LogP contribution in [0.15, 0.2) is 29.6 Å². The van der Waals surface area contributed by atoms with Gasteiger partial charge in [-0.25, -0.2) is 4.98 Å². The van der Waals surface area contributed by atoms with E-state index in [1.165, 1.54) is 5.38 Å². The van der Waals surface area contributed by atoms with Crippen molar-refractivity contribution in [2.24, 2.45) is 0 Å². The predicted molar refractivity (Wildman–Crippen MR) is 102 cm³/mol. The molecule has 0 radical (unpaired) electrons. The summed E-state index contributed by atoms with van der Waals surface area (Å²) in [5, 5.41) is 52.3. The number of nitrogens with zero attached hydrogens (tertiary/aromatic N) is 1. The molecule has 0 aliphatic carbocycles. The third kappa shape index (κ3) is 4.90. The summed E-state index contributed by atoms with van der Waals surface area (Å²) < 4.78 is 10.7. The lowest BCUT2D eigenvalue weighted by atomic mass is 9.95. The second kappa shape index (κ2) is 9.59. The summed E-state index contributed by atoms with van der Waals surface area (Å²) in [6.45, 7) is -0.470. The van der Waals surface area contributed by atoms with E-state index in [0.717, 1.165) is 11.3 Å². The number of aromatic nitrogens is 1. The average molecular weight is 426 g/mol. The molecular formula is C18H22N2O8S. The van der Waals surface area contributed by atoms with Crippen molar-refractivity contribution in [2.75, 3.05) is 25.1 Å². The van der Waals surface area contributed by atoms with Crippen LogP contribution in [0.4, 0.5) is 5.69 Å². The van der Waals surface area contributed by atoms with Crippen LogP contribution >= 0.6 is 11.3 Å². The van der Waals surface area contributed by atoms with Gasteiger partial charge in [0.15, 0.2) is 0 Å². The number of benzene rings is 1. The van der Waals surface area contributed by atoms with Crippen LogP contribution in [0.2, 0.25) is 0 Å². The van der Waals surface area contributed by atoms with Gasteiger partial charge >= 0.3 is 0 Å². The molecule has 0 saturated carbocycles. The highest BCUT2D eigenvalue weighted by molar-refractivity contribution is 7.09. The normalized spacial score (nSPS) is 26.9. The van der Waals surface area contributed by atoms with Gasteiger partial charge in [-0.3, -0.25) is 4.79 Å². The van der Waals surface area contributed by atoms with Crippen LogP contribution in [-0.4, -0.2) is 80.7 Å². The van der Waals surface area contributed by atoms with Crippen LogP contribution in [0, 0.1) is 0 Å². The Morgan fingerprint density at radius 2 is 1.86 bits per heavy atom. The third-order valence-corrected chi connectivity index (χ3v) is 5.27. The van der Waals surface area contributed by atoms with E-state index in [1.807, 2.05) is 0 Å². The first-order valence-electron chi connectivity index (χ1n) is 8.85. The summed E-state index contributed by atoms with van der Waals surface area (Å²) in [6, 6.07) is 6.56. The minimum atomic E-state index is -1.52. The monoisotopic (exact) mass is 426 g/mol. The van der Waals surface area contributed by atoms with E-state index in [4.69, 9.17) is 14.6 Å². The number of nitrogens with one attached hydrogen (secondary N) is 1. The lowest BCUT2D eigenvalue weighted by Gasteiger charge is -2.39. The molecule has 1 saturated heterocycles. The van der Waals surface area contributed by atoms with Crippen LogP contribution in [0.5, 0.6) is 5.75 Å². The van der Waals surface area contributed by atoms with Crippen molar-refractivity contribution in [3.05, 3.63) is 40.3 Å². The number of anilines is 1. The molecule has 2 heterocycles. The molecule has 1 aliphatic rings. The van der Waals surface area contributed by atoms with Gasteiger partial charge in [0, 0.05) is 11.1 Å². The maximum absolute atomic E-state index is 12.4. The third-order valence-electron chi connectivity index (χ3n) is 4.36. The molecule has 158 valence electrons. The molecule has 5 atom stereocenters. The first kappa shape index (κ1) is 21.6. The van der Waals surface area contributed by atoms with E-state index in [9.17, 15) is 25.2 Å². The Labute approximate surface area is 170 Å². The number of carbonyl (C=O) groups excluding carboxylic acids is 1. The molecule has 0 unspecified atom stereocenters. The number of aliphatic hydroxyl groups excluding tert-OH is 5. The summed E-state index contributed by atoms with van der Waals surface area (Å²) >= 11 is 1.05. The topological polar surface area (TPSA) is 162 Å². The molecule has 11 heteroatoms. The Hall–Kier alpha value is -2.12. The highest BCUT2D eigenvalue weighted by atomic mass is 32.1. The fraction of sp³-hybridized carbons (Fsp3) is 0.444. The van der Waals surface area contributed by atoms with Crippen molar-refractivity contribution in [3.63, 3.8) is 0 Å². The van der Waals surface area contributed by atoms with E-state index in [0.29, 0.717) is 11.4 Å². The van der Waals surface area contributed by atoms with Gasteiger partial charge in [-0.2, -0.15) is 0 Å². The summed E-state index contributed by atoms with van der Waals surface area (Å²) in [6.07, 6.45) is -6.57. The zero-order chi connectivity index (χ0) is 21.0. The summed E-state index contributed by atoms with van der Waals surface area (Å²) in [5.74, 6) is 0.0664. The van der Waals surface area contributed by atoms with Gasteiger partial charge in [0.25, 0.3) is 5.91 Å². The molecule has 6 N–H and O–H groups in total. The molecule has 1 aliphatic heterocycles. The average Bonchev–Trinajstić information content (AvgIpc) is 3.22. The number of aliphatic hydroxyl groups is 5. The number of amides is 1. The Balaban J connectivity index is 1.66. The minimum absolute atomic E-state index is 0.0857. The van der Waals surface area contributed by atoms with Gasteiger partial charge in [0.1, 0.15) is 53.6 Å². The molecule has 1 aromatic carbocycles. The number of carbonyl (C=O) groups is 1. The number of thiazole rings is 1. The Kier molecular flexibility index (Phi) is 7.14. The van der Waals surface area contributed by atoms with Gasteiger partial charge < -0.3 is 40.3 Å². The quantitative estimate of drug-likeness (QED) is 0.336. The summed E-state index contributed by atoms with van der Waals surface area (Å²) in [4.78, 5) is 16.6. The van der Waals surface area contributed by atoms with E-state index in [2.05, 4.69) is 10.3 Å². The Bertz CT molecular complexity index is 812. The van der Waals surface area contributed by atoms with Gasteiger partial charge in [0.2, 0.25) is 0 Å². The van der Waals surface area contributed by atoms with Crippen LogP contribution in [0.25, 0.3) is 0 Å². The lowest BCUT2D eigenvalue weighted by Crippen LogP contribution is -2.55. The first-order valence-corrected chi connectivity index (χ1v) is 9.73. The summed E-state index contributed by atoms with van der Waals surface area (Å²) in [5.41, 5.74) is 0.594. The van der Waals surface area contributed by atoms with Crippen LogP contribution in [0.1, 0.15) is 21.6 Å². The van der Waals surface area contributed by atoms with Gasteiger partial charge in [-0.15, -0.1) is 11.3 Å². The van der Waals surface area contributed by atoms with E-state index in [1.54, 1.807) is 24.3 Å². The second-order valence-electron chi connectivity index (χ2n) is 6.37. The molecule has 3 rings (SSSR count). The summed E-state index contributed by atoms with van der Waals surface area (Å²) in [7, 11) is 0. The van der Waals surface area contributed by atoms with Gasteiger partial charge in [0.05, 0.1) is 13.2 Å². The first-order chi connectivity index (χ1) is 13.9. The Morgan fingerprint density at radius 1 is 1.14 bits per heavy atom. The minimum Gasteiger partial charge on any atom is -0.491 e. The van der Waals surface area contributed by atoms with Crippen molar-refractivity contribution in [1.29, 1.82) is 0 Å². The van der Waals surface area contributed by atoms with Crippen molar-refractivity contribution in [1.82, 2.24) is 4.98 Å². The molecule has 10 nitrogen and oxygen atoms in total. The molecule has 2 aromatic rings. The van der Waals surface area contributed by atoms with Crippen LogP contribution < -0.4 is 10.1 Å². The predicted octanol–water partition coefficient (Wildman–Crippen LogP) is -0.719. The molecule has 0 bridgehead atoms. The second-order valence-corrected chi connectivity index (χ2v) is 7.26. The van der Waals surface area contributed by atoms with Gasteiger partial charge in [-0.1, -0.05) is 0 Å². The highest BCUT2D eigenvalue weighted by Crippen LogP contribution is 2.34. The SMILES string of the molecule is O=C(Nc1ccc(OCCO)cc1)c1csc([C@@H]2O[C@H](CO)[C@H](O)[C@H](O)[C@H]2O)n1. The fourth-order valence-corrected chi connectivity index (χ4v) is 3.69. The number of hydrogen-bond donors (Lipinski definition) is 6. The van der Waals surface area contributed by atoms with Crippen LogP contribution in [0.3, 0.4) is 0 Å².